The molecule has 0 bridgehead atoms. The topological polar surface area (TPSA) is 40.2 Å². The van der Waals surface area contributed by atoms with Gasteiger partial charge in [-0.25, -0.2) is 0 Å². The van der Waals surface area contributed by atoms with Crippen molar-refractivity contribution in [2.24, 2.45) is 0 Å². The van der Waals surface area contributed by atoms with Crippen molar-refractivity contribution in [1.82, 2.24) is 0 Å². The number of epoxide rings is 1. The van der Waals surface area contributed by atoms with Crippen LogP contribution in [0, 0.1) is 0 Å². The minimum atomic E-state index is -0.215. The number of benzene rings is 1. The second-order valence-corrected chi connectivity index (χ2v) is 4.74. The van der Waals surface area contributed by atoms with E-state index in [9.17, 15) is 0 Å². The summed E-state index contributed by atoms with van der Waals surface area (Å²) in [5.41, 5.74) is 0. The predicted molar refractivity (Wildman–Crippen MR) is 72.3 cm³/mol. The van der Waals surface area contributed by atoms with Gasteiger partial charge in [-0.05, 0) is 26.0 Å². The molecule has 3 atom stereocenters. The third-order valence-corrected chi connectivity index (χ3v) is 2.87. The zero-order valence-corrected chi connectivity index (χ0v) is 11.6. The van der Waals surface area contributed by atoms with Crippen molar-refractivity contribution in [2.45, 2.75) is 38.8 Å². The van der Waals surface area contributed by atoms with E-state index >= 15 is 0 Å². The first-order chi connectivity index (χ1) is 9.24. The fourth-order valence-electron chi connectivity index (χ4n) is 1.89. The van der Waals surface area contributed by atoms with Gasteiger partial charge >= 0.3 is 0 Å². The van der Waals surface area contributed by atoms with E-state index in [-0.39, 0.29) is 12.4 Å². The number of hydrogen-bond donors (Lipinski definition) is 0. The molecule has 0 aliphatic carbocycles. The van der Waals surface area contributed by atoms with Crippen LogP contribution < -0.4 is 4.74 Å². The lowest BCUT2D eigenvalue weighted by Gasteiger charge is -2.19. The standard InChI is InChI=1S/C15H22O4/c1-12(10-15-11-18-15)19-13(2)16-8-9-17-14-6-4-3-5-7-14/h3-7,12-13,15H,8-11H2,1-2H3. The molecule has 1 aliphatic rings. The SMILES string of the molecule is CC(CC1CO1)OC(C)OCCOc1ccccc1. The molecule has 106 valence electrons. The summed E-state index contributed by atoms with van der Waals surface area (Å²) in [6.07, 6.45) is 1.28. The Balaban J connectivity index is 1.52. The van der Waals surface area contributed by atoms with Crippen molar-refractivity contribution >= 4 is 0 Å². The summed E-state index contributed by atoms with van der Waals surface area (Å²) >= 11 is 0. The van der Waals surface area contributed by atoms with Crippen molar-refractivity contribution in [3.8, 4) is 5.75 Å². The highest BCUT2D eigenvalue weighted by atomic mass is 16.7. The van der Waals surface area contributed by atoms with Gasteiger partial charge in [-0.15, -0.1) is 0 Å². The number of ether oxygens (including phenoxy) is 4. The highest BCUT2D eigenvalue weighted by Crippen LogP contribution is 2.18. The van der Waals surface area contributed by atoms with Gasteiger partial charge in [0.15, 0.2) is 6.29 Å². The molecule has 1 aliphatic heterocycles. The normalized spacial score (nSPS) is 20.8. The van der Waals surface area contributed by atoms with E-state index in [1.54, 1.807) is 0 Å². The molecule has 1 saturated heterocycles. The van der Waals surface area contributed by atoms with Crippen molar-refractivity contribution in [3.05, 3.63) is 30.3 Å². The smallest absolute Gasteiger partial charge is 0.155 e. The van der Waals surface area contributed by atoms with E-state index in [0.717, 1.165) is 18.8 Å². The molecule has 1 aromatic rings. The minimum Gasteiger partial charge on any atom is -0.491 e. The van der Waals surface area contributed by atoms with Crippen LogP contribution in [-0.2, 0) is 14.2 Å². The summed E-state index contributed by atoms with van der Waals surface area (Å²) in [4.78, 5) is 0. The number of para-hydroxylation sites is 1. The van der Waals surface area contributed by atoms with Gasteiger partial charge in [0.25, 0.3) is 0 Å². The van der Waals surface area contributed by atoms with Crippen LogP contribution in [0.1, 0.15) is 20.3 Å². The highest BCUT2D eigenvalue weighted by Gasteiger charge is 2.25. The number of rotatable bonds is 9. The van der Waals surface area contributed by atoms with Crippen LogP contribution in [0.5, 0.6) is 5.75 Å². The maximum atomic E-state index is 5.70. The summed E-state index contributed by atoms with van der Waals surface area (Å²) in [6.45, 7) is 5.86. The summed E-state index contributed by atoms with van der Waals surface area (Å²) < 4.78 is 21.9. The van der Waals surface area contributed by atoms with E-state index in [2.05, 4.69) is 0 Å². The molecule has 1 aromatic carbocycles. The van der Waals surface area contributed by atoms with Crippen molar-refractivity contribution in [1.29, 1.82) is 0 Å². The molecule has 0 N–H and O–H groups in total. The zero-order valence-electron chi connectivity index (χ0n) is 11.6. The van der Waals surface area contributed by atoms with Gasteiger partial charge in [0.2, 0.25) is 0 Å². The van der Waals surface area contributed by atoms with Crippen LogP contribution in [0.4, 0.5) is 0 Å². The van der Waals surface area contributed by atoms with Crippen LogP contribution in [0.3, 0.4) is 0 Å². The summed E-state index contributed by atoms with van der Waals surface area (Å²) in [5.74, 6) is 0.860. The van der Waals surface area contributed by atoms with Crippen LogP contribution in [0.25, 0.3) is 0 Å². The van der Waals surface area contributed by atoms with Gasteiger partial charge in [-0.2, -0.15) is 0 Å². The highest BCUT2D eigenvalue weighted by molar-refractivity contribution is 5.20. The Kier molecular flexibility index (Phi) is 5.63. The molecule has 4 heteroatoms. The lowest BCUT2D eigenvalue weighted by molar-refractivity contribution is -0.160. The van der Waals surface area contributed by atoms with Crippen molar-refractivity contribution < 1.29 is 18.9 Å². The second-order valence-electron chi connectivity index (χ2n) is 4.74. The molecule has 0 radical (unpaired) electrons. The third-order valence-electron chi connectivity index (χ3n) is 2.87. The van der Waals surface area contributed by atoms with Crippen LogP contribution in [-0.4, -0.2) is 38.3 Å². The van der Waals surface area contributed by atoms with Crippen molar-refractivity contribution in [3.63, 3.8) is 0 Å². The van der Waals surface area contributed by atoms with Gasteiger partial charge < -0.3 is 18.9 Å². The summed E-state index contributed by atoms with van der Waals surface area (Å²) in [7, 11) is 0. The third kappa shape index (κ3) is 6.05. The molecular weight excluding hydrogens is 244 g/mol. The van der Waals surface area contributed by atoms with Gasteiger partial charge in [-0.3, -0.25) is 0 Å². The van der Waals surface area contributed by atoms with Gasteiger partial charge in [0.05, 0.1) is 25.4 Å². The zero-order chi connectivity index (χ0) is 13.5. The Bertz CT molecular complexity index is 350. The Labute approximate surface area is 114 Å². The Morgan fingerprint density at radius 2 is 1.95 bits per heavy atom. The number of hydrogen-bond acceptors (Lipinski definition) is 4. The quantitative estimate of drug-likeness (QED) is 0.391. The molecule has 0 amide bonds. The van der Waals surface area contributed by atoms with E-state index in [1.165, 1.54) is 0 Å². The van der Waals surface area contributed by atoms with Crippen LogP contribution in [0.15, 0.2) is 30.3 Å². The molecule has 3 unspecified atom stereocenters. The predicted octanol–water partition coefficient (Wildman–Crippen LogP) is 2.62. The van der Waals surface area contributed by atoms with E-state index in [0.29, 0.717) is 19.3 Å². The van der Waals surface area contributed by atoms with Gasteiger partial charge in [-0.1, -0.05) is 18.2 Å². The Hall–Kier alpha value is -1.10. The molecule has 19 heavy (non-hydrogen) atoms. The fraction of sp³-hybridized carbons (Fsp3) is 0.600. The van der Waals surface area contributed by atoms with E-state index < -0.39 is 0 Å². The largest absolute Gasteiger partial charge is 0.491 e. The van der Waals surface area contributed by atoms with Crippen LogP contribution in [0.2, 0.25) is 0 Å². The van der Waals surface area contributed by atoms with Gasteiger partial charge in [0.1, 0.15) is 12.4 Å². The Morgan fingerprint density at radius 1 is 1.21 bits per heavy atom. The fourth-order valence-corrected chi connectivity index (χ4v) is 1.89. The van der Waals surface area contributed by atoms with Gasteiger partial charge in [0, 0.05) is 6.42 Å². The molecule has 2 rings (SSSR count). The minimum absolute atomic E-state index is 0.164. The molecule has 0 aromatic heterocycles. The first kappa shape index (κ1) is 14.3. The molecule has 4 nitrogen and oxygen atoms in total. The average molecular weight is 266 g/mol. The molecular formula is C15H22O4. The van der Waals surface area contributed by atoms with E-state index in [4.69, 9.17) is 18.9 Å². The first-order valence-corrected chi connectivity index (χ1v) is 6.80. The van der Waals surface area contributed by atoms with Crippen LogP contribution >= 0.6 is 0 Å². The van der Waals surface area contributed by atoms with Crippen molar-refractivity contribution in [2.75, 3.05) is 19.8 Å². The maximum absolute atomic E-state index is 5.70. The monoisotopic (exact) mass is 266 g/mol. The Morgan fingerprint density at radius 3 is 2.63 bits per heavy atom. The summed E-state index contributed by atoms with van der Waals surface area (Å²) in [6, 6.07) is 9.71. The average Bonchev–Trinajstić information content (AvgIpc) is 3.19. The van der Waals surface area contributed by atoms with E-state index in [1.807, 2.05) is 44.2 Å². The second kappa shape index (κ2) is 7.48. The maximum Gasteiger partial charge on any atom is 0.155 e. The first-order valence-electron chi connectivity index (χ1n) is 6.80. The summed E-state index contributed by atoms with van der Waals surface area (Å²) in [5, 5.41) is 0. The molecule has 1 heterocycles. The molecule has 0 saturated carbocycles. The lowest BCUT2D eigenvalue weighted by atomic mass is 10.2. The molecule has 0 spiro atoms. The molecule has 1 fully saturated rings. The lowest BCUT2D eigenvalue weighted by Crippen LogP contribution is -2.23.